The Morgan fingerprint density at radius 1 is 0.714 bits per heavy atom. The summed E-state index contributed by atoms with van der Waals surface area (Å²) in [6.45, 7) is 0. The first kappa shape index (κ1) is 81.7. The quantitative estimate of drug-likeness (QED) is 0.398. The monoisotopic (exact) mass is 322 g/mol. The van der Waals surface area contributed by atoms with Gasteiger partial charge >= 0.3 is 0 Å². The molecule has 0 aromatic heterocycles. The van der Waals surface area contributed by atoms with E-state index >= 15 is 0 Å². The zero-order valence-corrected chi connectivity index (χ0v) is 8.38. The molecule has 7 heavy (non-hydrogen) atoms. The summed E-state index contributed by atoms with van der Waals surface area (Å²) in [7, 11) is 0. The predicted octanol–water partition coefficient (Wildman–Crippen LogP) is -4.10. The third-order valence-electron chi connectivity index (χ3n) is 0. The predicted molar refractivity (Wildman–Crippen MR) is 32.6 cm³/mol. The molecule has 0 unspecified atom stereocenters. The van der Waals surface area contributed by atoms with Gasteiger partial charge in [-0.1, -0.05) is 0 Å². The van der Waals surface area contributed by atoms with E-state index in [2.05, 4.69) is 0 Å². The zero-order chi connectivity index (χ0) is 0. The topological polar surface area (TPSA) is 0 Å². The van der Waals surface area contributed by atoms with Crippen molar-refractivity contribution in [3.05, 3.63) is 0 Å². The third-order valence-corrected chi connectivity index (χ3v) is 0. The van der Waals surface area contributed by atoms with Gasteiger partial charge in [-0.2, -0.15) is 0 Å². The molecule has 0 nitrogen and oxygen atoms in total. The smallest absolute Gasteiger partial charge is 0.0149 e. The van der Waals surface area contributed by atoms with Crippen molar-refractivity contribution in [1.29, 1.82) is 0 Å². The molecule has 0 aliphatic heterocycles. The first-order chi connectivity index (χ1) is 0. The summed E-state index contributed by atoms with van der Waals surface area (Å²) in [5, 5.41) is 0. The summed E-state index contributed by atoms with van der Waals surface area (Å²) in [5.41, 5.74) is 0. The van der Waals surface area contributed by atoms with E-state index in [1.165, 1.54) is 0 Å². The molecule has 0 heterocycles. The fourth-order valence-corrected chi connectivity index (χ4v) is 0. The van der Waals surface area contributed by atoms with Crippen molar-refractivity contribution in [2.45, 2.75) is 0 Å². The van der Waals surface area contributed by atoms with Crippen LogP contribution >= 0.6 is 0 Å². The molecular weight excluding hydrogens is 313 g/mol. The van der Waals surface area contributed by atoms with Crippen molar-refractivity contribution in [2.24, 2.45) is 0 Å². The van der Waals surface area contributed by atoms with Crippen LogP contribution in [-0.2, 0) is 86.1 Å². The van der Waals surface area contributed by atoms with Gasteiger partial charge < -0.3 is 0 Å². The van der Waals surface area contributed by atoms with Crippen LogP contribution in [0.2, 0.25) is 0 Å². The van der Waals surface area contributed by atoms with E-state index in [1.807, 2.05) is 0 Å². The van der Waals surface area contributed by atoms with Gasteiger partial charge in [0.1, 0.15) is 0 Å². The largest absolute Gasteiger partial charge is 0.0814 e. The van der Waals surface area contributed by atoms with Crippen LogP contribution in [0.1, 0.15) is 0 Å². The Morgan fingerprint density at radius 2 is 0.714 bits per heavy atom. The van der Waals surface area contributed by atoms with Gasteiger partial charge in [0.15, 0.2) is 0 Å². The maximum atomic E-state index is 0. The Kier molecular flexibility index (Phi) is 686. The number of hydrogen-bond donors (Lipinski definition) is 0. The van der Waals surface area contributed by atoms with E-state index in [4.69, 9.17) is 0 Å². The minimum atomic E-state index is 0. The minimum absolute atomic E-state index is 0. The fraction of sp³-hybridized carbons (Fsp3) is 0. The molecule has 0 radical (unpaired) electrons. The van der Waals surface area contributed by atoms with Crippen LogP contribution in [0, 0.1) is 0 Å². The number of hydrogen-bond acceptors (Lipinski definition) is 0. The summed E-state index contributed by atoms with van der Waals surface area (Å²) >= 11 is 0. The summed E-state index contributed by atoms with van der Waals surface area (Å²) in [4.78, 5) is 0. The molecule has 0 bridgehead atoms. The van der Waals surface area contributed by atoms with E-state index in [9.17, 15) is 0 Å². The van der Waals surface area contributed by atoms with Crippen LogP contribution in [0.15, 0.2) is 0 Å². The normalized spacial score (nSPS) is 0. The Hall–Kier alpha value is 3.30. The molecule has 0 saturated heterocycles. The molecule has 0 amide bonds. The van der Waals surface area contributed by atoms with E-state index in [0.29, 0.717) is 0 Å². The molecule has 0 N–H and O–H groups in total. The van der Waals surface area contributed by atoms with Crippen LogP contribution in [0.4, 0.5) is 0 Å². The second-order valence-electron chi connectivity index (χ2n) is 0. The van der Waals surface area contributed by atoms with Crippen molar-refractivity contribution < 1.29 is 86.1 Å². The van der Waals surface area contributed by atoms with Gasteiger partial charge in [0.05, 0.1) is 8.41 Å². The van der Waals surface area contributed by atoms with E-state index in [-0.39, 0.29) is 116 Å². The van der Waals surface area contributed by atoms with Crippen molar-refractivity contribution in [1.82, 2.24) is 0 Å². The van der Waals surface area contributed by atoms with Crippen LogP contribution in [0.5, 0.6) is 0 Å². The van der Waals surface area contributed by atoms with Crippen molar-refractivity contribution >= 4 is 30.3 Å². The molecular formula is H11BNiSi2Ti2Zr. The van der Waals surface area contributed by atoms with E-state index in [0.717, 1.165) is 0 Å². The number of rotatable bonds is 0. The molecule has 0 aromatic rings. The summed E-state index contributed by atoms with van der Waals surface area (Å²) in [6, 6.07) is 0. The van der Waals surface area contributed by atoms with Gasteiger partial charge in [-0.25, -0.2) is 0 Å². The Labute approximate surface area is 115 Å². The van der Waals surface area contributed by atoms with Crippen LogP contribution < -0.4 is 0 Å². The second kappa shape index (κ2) is 58.8. The van der Waals surface area contributed by atoms with Crippen molar-refractivity contribution in [3.63, 3.8) is 0 Å². The van der Waals surface area contributed by atoms with Gasteiger partial charge in [0.25, 0.3) is 0 Å². The third kappa shape index (κ3) is 45.5. The van der Waals surface area contributed by atoms with Crippen LogP contribution in [0.25, 0.3) is 0 Å². The molecule has 44 valence electrons. The average molecular weight is 324 g/mol. The molecule has 0 fully saturated rings. The summed E-state index contributed by atoms with van der Waals surface area (Å²) in [6.07, 6.45) is 0. The van der Waals surface area contributed by atoms with Crippen LogP contribution in [-0.4, -0.2) is 30.3 Å². The summed E-state index contributed by atoms with van der Waals surface area (Å²) in [5.74, 6) is 0. The first-order valence-corrected chi connectivity index (χ1v) is 0. The molecule has 0 saturated carbocycles. The summed E-state index contributed by atoms with van der Waals surface area (Å²) < 4.78 is 0. The molecule has 0 rings (SSSR count). The second-order valence-corrected chi connectivity index (χ2v) is 0. The molecule has 0 atom stereocenters. The van der Waals surface area contributed by atoms with Gasteiger partial charge in [-0.15, -0.1) is 0 Å². The minimum Gasteiger partial charge on any atom is -0.0149 e. The maximum Gasteiger partial charge on any atom is 0.0814 e. The first-order valence-electron chi connectivity index (χ1n) is 0. The van der Waals surface area contributed by atoms with Gasteiger partial charge in [-0.3, -0.25) is 0 Å². The van der Waals surface area contributed by atoms with E-state index < -0.39 is 0 Å². The molecule has 7 heteroatoms. The molecule has 0 spiro atoms. The zero-order valence-electron chi connectivity index (χ0n) is 1.82. The standard InChI is InChI=1S/BH3.Ni.2H4Si.2Ti.Zr/h1H3;;2*1H4;;;. The van der Waals surface area contributed by atoms with Gasteiger partial charge in [0.2, 0.25) is 0 Å². The van der Waals surface area contributed by atoms with Crippen molar-refractivity contribution in [3.8, 4) is 0 Å². The van der Waals surface area contributed by atoms with Crippen LogP contribution in [0.3, 0.4) is 0 Å². The fourth-order valence-electron chi connectivity index (χ4n) is 0. The van der Waals surface area contributed by atoms with E-state index in [1.54, 1.807) is 0 Å². The Balaban J connectivity index is 0. The van der Waals surface area contributed by atoms with Gasteiger partial charge in [-0.05, 0) is 21.9 Å². The van der Waals surface area contributed by atoms with Gasteiger partial charge in [0, 0.05) is 86.1 Å². The molecule has 0 aliphatic rings. The van der Waals surface area contributed by atoms with Crippen molar-refractivity contribution in [2.75, 3.05) is 0 Å². The maximum absolute atomic E-state index is 0. The SMILES string of the molecule is B.[Ni].[SiH4].[SiH4].[Ti].[Ti].[Zr]. The molecule has 0 aliphatic carbocycles. The average Bonchev–Trinajstić information content (AvgIpc) is 0. The molecule has 0 aromatic carbocycles. The Morgan fingerprint density at radius 3 is 0.714 bits per heavy atom. The Bertz CT molecular complexity index is 15.7.